The van der Waals surface area contributed by atoms with Crippen LogP contribution < -0.4 is 0 Å². The molecular formula is C14H18B10. The highest BCUT2D eigenvalue weighted by molar-refractivity contribution is 7.53. The minimum atomic E-state index is -0.754. The average molecular weight is 294 g/mol. The molecule has 4 aliphatic rings. The quantitative estimate of drug-likeness (QED) is 0.480. The van der Waals surface area contributed by atoms with Gasteiger partial charge in [-0.2, -0.15) is 0 Å². The molecule has 4 fully saturated rings. The zero-order valence-corrected chi connectivity index (χ0v) is 14.8. The fourth-order valence-corrected chi connectivity index (χ4v) is 8.22. The fourth-order valence-electron chi connectivity index (χ4n) is 8.22. The molecule has 4 saturated carbocycles. The van der Waals surface area contributed by atoms with Crippen LogP contribution in [0.4, 0.5) is 0 Å². The van der Waals surface area contributed by atoms with Crippen LogP contribution >= 0.6 is 0 Å². The summed E-state index contributed by atoms with van der Waals surface area (Å²) in [6.07, 6.45) is 2.33. The van der Waals surface area contributed by atoms with Gasteiger partial charge in [-0.1, -0.05) is 13.8 Å². The molecule has 0 spiro atoms. The number of fused-ring (bicyclic) bond motifs is 9. The second kappa shape index (κ2) is 5.57. The Morgan fingerprint density at radius 2 is 1.46 bits per heavy atom. The monoisotopic (exact) mass is 296 g/mol. The summed E-state index contributed by atoms with van der Waals surface area (Å²) in [4.78, 5) is 0. The summed E-state index contributed by atoms with van der Waals surface area (Å²) in [6, 6.07) is 0. The van der Waals surface area contributed by atoms with E-state index in [1.54, 1.807) is 7.17 Å². The van der Waals surface area contributed by atoms with Gasteiger partial charge in [0.15, 0.2) is 0 Å². The summed E-state index contributed by atoms with van der Waals surface area (Å²) in [5, 5.41) is -1.41. The molecule has 0 aliphatic heterocycles. The van der Waals surface area contributed by atoms with Gasteiger partial charge in [-0.15, -0.1) is 10.4 Å². The van der Waals surface area contributed by atoms with Crippen LogP contribution in [0.1, 0.15) is 26.7 Å². The molecule has 0 nitrogen and oxygen atoms in total. The minimum Gasteiger partial charge on any atom is -0.108 e. The van der Waals surface area contributed by atoms with Crippen molar-refractivity contribution in [3.8, 4) is 0 Å². The lowest BCUT2D eigenvalue weighted by Crippen LogP contribution is -2.64. The lowest BCUT2D eigenvalue weighted by molar-refractivity contribution is 0.0589. The molecule has 14 radical (unpaired) electrons. The molecule has 0 aromatic rings. The lowest BCUT2D eigenvalue weighted by Gasteiger charge is -2.64. The van der Waals surface area contributed by atoms with E-state index < -0.39 is 23.4 Å². The summed E-state index contributed by atoms with van der Waals surface area (Å²) in [5.74, 6) is 4.84. The van der Waals surface area contributed by atoms with Gasteiger partial charge in [0.2, 0.25) is 0 Å². The van der Waals surface area contributed by atoms with Crippen molar-refractivity contribution in [2.45, 2.75) is 37.1 Å². The van der Waals surface area contributed by atoms with Crippen molar-refractivity contribution in [3.05, 3.63) is 0 Å². The zero-order chi connectivity index (χ0) is 17.6. The van der Waals surface area contributed by atoms with E-state index in [1.807, 2.05) is 0 Å². The van der Waals surface area contributed by atoms with Gasteiger partial charge in [0.25, 0.3) is 0 Å². The molecule has 10 heteroatoms. The van der Waals surface area contributed by atoms with E-state index in [0.717, 1.165) is 30.1 Å². The molecular weight excluding hydrogens is 276 g/mol. The molecule has 10 atom stereocenters. The first-order valence-corrected chi connectivity index (χ1v) is 9.44. The van der Waals surface area contributed by atoms with E-state index >= 15 is 0 Å². The van der Waals surface area contributed by atoms with Crippen molar-refractivity contribution in [3.63, 3.8) is 0 Å². The van der Waals surface area contributed by atoms with Crippen LogP contribution in [-0.2, 0) is 0 Å². The molecule has 24 heavy (non-hydrogen) atoms. The van der Waals surface area contributed by atoms with Crippen LogP contribution in [0.2, 0.25) is 10.4 Å². The van der Waals surface area contributed by atoms with Crippen LogP contribution in [-0.4, -0.2) is 73.8 Å². The smallest absolute Gasteiger partial charge is 0.0612 e. The molecule has 0 aromatic carbocycles. The van der Waals surface area contributed by atoms with Gasteiger partial charge in [-0.25, -0.2) is 0 Å². The van der Waals surface area contributed by atoms with Crippen molar-refractivity contribution in [1.29, 1.82) is 0 Å². The average Bonchev–Trinajstić information content (AvgIpc) is 3.24. The van der Waals surface area contributed by atoms with Gasteiger partial charge in [0.1, 0.15) is 0 Å². The van der Waals surface area contributed by atoms with Crippen molar-refractivity contribution in [1.82, 2.24) is 0 Å². The van der Waals surface area contributed by atoms with Crippen molar-refractivity contribution >= 4 is 73.8 Å². The SMILES string of the molecule is [B][B]B([B])C1(B([B])[B])C2CC(C3C4CC(C(C)C4C)C32)C1([B])[B][B]. The molecule has 4 aliphatic carbocycles. The third-order valence-electron chi connectivity index (χ3n) is 9.16. The highest BCUT2D eigenvalue weighted by Crippen LogP contribution is 2.83. The predicted molar refractivity (Wildman–Crippen MR) is 111 cm³/mol. The Labute approximate surface area is 158 Å². The van der Waals surface area contributed by atoms with E-state index in [2.05, 4.69) is 13.8 Å². The molecule has 0 saturated heterocycles. The molecule has 4 bridgehead atoms. The molecule has 0 aromatic heterocycles. The number of hydrogen-bond donors (Lipinski definition) is 0. The van der Waals surface area contributed by atoms with Gasteiger partial charge in [0.05, 0.1) is 15.0 Å². The maximum Gasteiger partial charge on any atom is 0.0612 e. The van der Waals surface area contributed by atoms with Crippen LogP contribution in [0, 0.1) is 47.3 Å². The summed E-state index contributed by atoms with van der Waals surface area (Å²) in [5.41, 5.74) is 0. The second-order valence-electron chi connectivity index (χ2n) is 9.16. The van der Waals surface area contributed by atoms with Gasteiger partial charge in [-0.05, 0) is 60.2 Å². The third kappa shape index (κ3) is 1.72. The van der Waals surface area contributed by atoms with Gasteiger partial charge >= 0.3 is 0 Å². The molecule has 10 unspecified atom stereocenters. The molecule has 0 heterocycles. The van der Waals surface area contributed by atoms with Gasteiger partial charge < -0.3 is 0 Å². The Morgan fingerprint density at radius 1 is 0.917 bits per heavy atom. The third-order valence-corrected chi connectivity index (χ3v) is 9.16. The standard InChI is InChI=1S/C14H18B10/c1-5-6(2)8-3-7(5)11-9-4-10(12(8)11)14(23(18)19,24(20)22-17)13(9,15)21-16/h5-12H,3-4H2,1-2H3. The molecule has 0 N–H and O–H groups in total. The largest absolute Gasteiger partial charge is 0.108 e. The summed E-state index contributed by atoms with van der Waals surface area (Å²) in [6.45, 7) is 3.72. The lowest BCUT2D eigenvalue weighted by atomic mass is 8.82. The normalized spacial score (nSPS) is 56.9. The Hall–Kier alpha value is 0.649. The maximum atomic E-state index is 6.97. The number of hydrogen-bond acceptors (Lipinski definition) is 0. The first kappa shape index (κ1) is 18.0. The Bertz CT molecular complexity index is 530. The molecule has 4 rings (SSSR count). The maximum absolute atomic E-state index is 6.97. The van der Waals surface area contributed by atoms with Crippen LogP contribution in [0.3, 0.4) is 0 Å². The van der Waals surface area contributed by atoms with Crippen molar-refractivity contribution in [2.24, 2.45) is 47.3 Å². The Balaban J connectivity index is 1.84. The topological polar surface area (TPSA) is 0 Å². The van der Waals surface area contributed by atoms with E-state index in [0.29, 0.717) is 23.7 Å². The first-order valence-electron chi connectivity index (χ1n) is 9.44. The highest BCUT2D eigenvalue weighted by atomic mass is 14.7. The fraction of sp³-hybridized carbons (Fsp3) is 1.00. The van der Waals surface area contributed by atoms with Crippen molar-refractivity contribution in [2.75, 3.05) is 0 Å². The van der Waals surface area contributed by atoms with E-state index in [1.165, 1.54) is 13.5 Å². The second-order valence-corrected chi connectivity index (χ2v) is 9.16. The first-order chi connectivity index (χ1) is 11.3. The zero-order valence-electron chi connectivity index (χ0n) is 14.8. The number of rotatable bonds is 4. The highest BCUT2D eigenvalue weighted by Gasteiger charge is 2.75. The van der Waals surface area contributed by atoms with Gasteiger partial charge in [0, 0.05) is 58.7 Å². The molecule has 0 amide bonds. The summed E-state index contributed by atoms with van der Waals surface area (Å²) >= 11 is 0. The Morgan fingerprint density at radius 3 is 1.92 bits per heavy atom. The van der Waals surface area contributed by atoms with E-state index in [-0.39, 0.29) is 0 Å². The van der Waals surface area contributed by atoms with Crippen LogP contribution in [0.5, 0.6) is 0 Å². The predicted octanol–water partition coefficient (Wildman–Crippen LogP) is -0.588. The van der Waals surface area contributed by atoms with Crippen LogP contribution in [0.25, 0.3) is 0 Å². The Kier molecular flexibility index (Phi) is 4.19. The van der Waals surface area contributed by atoms with E-state index in [9.17, 15) is 0 Å². The van der Waals surface area contributed by atoms with Crippen molar-refractivity contribution < 1.29 is 0 Å². The van der Waals surface area contributed by atoms with Gasteiger partial charge in [-0.3, -0.25) is 0 Å². The minimum absolute atomic E-state index is 0.303. The summed E-state index contributed by atoms with van der Waals surface area (Å²) < 4.78 is 0. The van der Waals surface area contributed by atoms with E-state index in [4.69, 9.17) is 46.5 Å². The molecule has 104 valence electrons. The van der Waals surface area contributed by atoms with Crippen LogP contribution in [0.15, 0.2) is 0 Å². The summed E-state index contributed by atoms with van der Waals surface area (Å²) in [7, 11) is 41.4.